The number of benzene rings is 1. The molecule has 0 saturated heterocycles. The molecule has 0 atom stereocenters. The number of fused-ring (bicyclic) bond motifs is 1. The predicted octanol–water partition coefficient (Wildman–Crippen LogP) is 2.28. The molecule has 6 nitrogen and oxygen atoms in total. The van der Waals surface area contributed by atoms with Gasteiger partial charge in [0.1, 0.15) is 0 Å². The number of aryl methyl sites for hydroxylation is 2. The number of rotatable bonds is 3. The molecule has 1 aromatic heterocycles. The third-order valence-corrected chi connectivity index (χ3v) is 4.42. The Morgan fingerprint density at radius 3 is 2.79 bits per heavy atom. The van der Waals surface area contributed by atoms with E-state index in [1.807, 2.05) is 40.0 Å². The Morgan fingerprint density at radius 1 is 1.38 bits per heavy atom. The number of carbonyl (C=O) groups is 2. The molecule has 3 rings (SSSR count). The average Bonchev–Trinajstić information content (AvgIpc) is 2.81. The number of hydrogen-bond donors (Lipinski definition) is 2. The van der Waals surface area contributed by atoms with Crippen molar-refractivity contribution in [2.75, 3.05) is 5.32 Å². The number of hydrogen-bond acceptors (Lipinski definition) is 3. The van der Waals surface area contributed by atoms with E-state index >= 15 is 0 Å². The monoisotopic (exact) mass is 326 g/mol. The summed E-state index contributed by atoms with van der Waals surface area (Å²) in [5, 5.41) is 10.1. The minimum Gasteiger partial charge on any atom is -0.346 e. The lowest BCUT2D eigenvalue weighted by molar-refractivity contribution is -0.117. The van der Waals surface area contributed by atoms with Crippen LogP contribution in [0.3, 0.4) is 0 Å². The van der Waals surface area contributed by atoms with Crippen LogP contribution in [0.5, 0.6) is 0 Å². The van der Waals surface area contributed by atoms with Crippen LogP contribution in [0.25, 0.3) is 0 Å². The van der Waals surface area contributed by atoms with Crippen LogP contribution in [0.2, 0.25) is 0 Å². The first-order valence-electron chi connectivity index (χ1n) is 7.98. The van der Waals surface area contributed by atoms with Gasteiger partial charge in [-0.05, 0) is 36.8 Å². The van der Waals surface area contributed by atoms with Crippen LogP contribution >= 0.6 is 0 Å². The summed E-state index contributed by atoms with van der Waals surface area (Å²) in [5.74, 6) is -0.124. The first kappa shape index (κ1) is 16.2. The normalized spacial score (nSPS) is 15.6. The van der Waals surface area contributed by atoms with Gasteiger partial charge in [-0.1, -0.05) is 13.8 Å². The van der Waals surface area contributed by atoms with E-state index in [2.05, 4.69) is 15.7 Å². The highest BCUT2D eigenvalue weighted by molar-refractivity contribution is 5.98. The molecule has 0 saturated carbocycles. The van der Waals surface area contributed by atoms with Crippen molar-refractivity contribution in [2.45, 2.75) is 39.2 Å². The number of nitrogens with zero attached hydrogens (tertiary/aromatic N) is 2. The summed E-state index contributed by atoms with van der Waals surface area (Å²) in [6, 6.07) is 7.37. The highest BCUT2D eigenvalue weighted by Crippen LogP contribution is 2.37. The van der Waals surface area contributed by atoms with Crippen LogP contribution in [0, 0.1) is 6.92 Å². The summed E-state index contributed by atoms with van der Waals surface area (Å²) in [7, 11) is 1.86. The van der Waals surface area contributed by atoms with Crippen LogP contribution in [0.1, 0.15) is 47.6 Å². The third kappa shape index (κ3) is 3.04. The molecule has 24 heavy (non-hydrogen) atoms. The van der Waals surface area contributed by atoms with E-state index in [0.29, 0.717) is 18.5 Å². The summed E-state index contributed by atoms with van der Waals surface area (Å²) in [4.78, 5) is 24.2. The Labute approximate surface area is 141 Å². The lowest BCUT2D eigenvalue weighted by Gasteiger charge is -2.32. The van der Waals surface area contributed by atoms with Crippen LogP contribution in [-0.4, -0.2) is 21.6 Å². The van der Waals surface area contributed by atoms with E-state index in [1.165, 1.54) is 0 Å². The second-order valence-electron chi connectivity index (χ2n) is 6.95. The van der Waals surface area contributed by atoms with E-state index in [9.17, 15) is 9.59 Å². The van der Waals surface area contributed by atoms with Gasteiger partial charge in [-0.15, -0.1) is 0 Å². The van der Waals surface area contributed by atoms with Crippen molar-refractivity contribution < 1.29 is 9.59 Å². The van der Waals surface area contributed by atoms with Gasteiger partial charge in [0.25, 0.3) is 5.91 Å². The quantitative estimate of drug-likeness (QED) is 0.908. The Balaban J connectivity index is 1.79. The molecule has 126 valence electrons. The van der Waals surface area contributed by atoms with Crippen molar-refractivity contribution in [3.8, 4) is 0 Å². The van der Waals surface area contributed by atoms with E-state index in [1.54, 1.807) is 16.8 Å². The Hall–Kier alpha value is -2.63. The van der Waals surface area contributed by atoms with E-state index in [0.717, 1.165) is 22.6 Å². The highest BCUT2D eigenvalue weighted by Gasteiger charge is 2.32. The first-order valence-corrected chi connectivity index (χ1v) is 7.98. The molecule has 0 unspecified atom stereocenters. The molecule has 1 aliphatic rings. The fraction of sp³-hybridized carbons (Fsp3) is 0.389. The molecule has 1 aromatic carbocycles. The Morgan fingerprint density at radius 2 is 2.12 bits per heavy atom. The van der Waals surface area contributed by atoms with Gasteiger partial charge >= 0.3 is 0 Å². The van der Waals surface area contributed by atoms with Gasteiger partial charge in [0.2, 0.25) is 5.91 Å². The molecule has 0 radical (unpaired) electrons. The second kappa shape index (κ2) is 5.78. The summed E-state index contributed by atoms with van der Waals surface area (Å²) < 4.78 is 1.76. The minimum atomic E-state index is -0.285. The van der Waals surface area contributed by atoms with Gasteiger partial charge in [-0.3, -0.25) is 14.3 Å². The Kier molecular flexibility index (Phi) is 3.91. The molecule has 6 heteroatoms. The standard InChI is InChI=1S/C18H22N4O2/c1-11-7-13(22(4)21-11)10-19-17(24)12-5-6-15-14(8-12)18(2,3)9-16(23)20-15/h5-8H,9-10H2,1-4H3,(H,19,24)(H,20,23). The van der Waals surface area contributed by atoms with Gasteiger partial charge in [0, 0.05) is 30.1 Å². The number of amides is 2. The molecule has 2 amide bonds. The van der Waals surface area contributed by atoms with Crippen molar-refractivity contribution in [1.82, 2.24) is 15.1 Å². The van der Waals surface area contributed by atoms with E-state index in [-0.39, 0.29) is 17.2 Å². The maximum Gasteiger partial charge on any atom is 0.251 e. The van der Waals surface area contributed by atoms with Gasteiger partial charge < -0.3 is 10.6 Å². The Bertz CT molecular complexity index is 820. The fourth-order valence-corrected chi connectivity index (χ4v) is 3.15. The topological polar surface area (TPSA) is 76.0 Å². The maximum absolute atomic E-state index is 12.5. The molecule has 2 aromatic rings. The van der Waals surface area contributed by atoms with E-state index < -0.39 is 0 Å². The number of nitrogens with one attached hydrogen (secondary N) is 2. The van der Waals surface area contributed by atoms with Gasteiger partial charge in [0.05, 0.1) is 17.9 Å². The SMILES string of the molecule is Cc1cc(CNC(=O)c2ccc3c(c2)C(C)(C)CC(=O)N3)n(C)n1. The largest absolute Gasteiger partial charge is 0.346 e. The zero-order valence-corrected chi connectivity index (χ0v) is 14.4. The number of aromatic nitrogens is 2. The van der Waals surface area contributed by atoms with Crippen molar-refractivity contribution in [3.05, 3.63) is 46.8 Å². The summed E-state index contributed by atoms with van der Waals surface area (Å²) in [6.07, 6.45) is 0.416. The van der Waals surface area contributed by atoms with Crippen LogP contribution in [-0.2, 0) is 23.8 Å². The van der Waals surface area contributed by atoms with Crippen molar-refractivity contribution in [1.29, 1.82) is 0 Å². The second-order valence-corrected chi connectivity index (χ2v) is 6.95. The van der Waals surface area contributed by atoms with Crippen molar-refractivity contribution in [3.63, 3.8) is 0 Å². The maximum atomic E-state index is 12.5. The zero-order chi connectivity index (χ0) is 17.5. The molecule has 1 aliphatic heterocycles. The van der Waals surface area contributed by atoms with Gasteiger partial charge in [-0.25, -0.2) is 0 Å². The molecule has 2 N–H and O–H groups in total. The van der Waals surface area contributed by atoms with Crippen LogP contribution in [0.4, 0.5) is 5.69 Å². The van der Waals surface area contributed by atoms with Crippen LogP contribution < -0.4 is 10.6 Å². The smallest absolute Gasteiger partial charge is 0.251 e. The summed E-state index contributed by atoms with van der Waals surface area (Å²) in [5.41, 5.74) is 3.96. The molecular weight excluding hydrogens is 304 g/mol. The van der Waals surface area contributed by atoms with Gasteiger partial charge in [-0.2, -0.15) is 5.10 Å². The molecule has 2 heterocycles. The van der Waals surface area contributed by atoms with Gasteiger partial charge in [0.15, 0.2) is 0 Å². The predicted molar refractivity (Wildman–Crippen MR) is 91.8 cm³/mol. The van der Waals surface area contributed by atoms with Crippen molar-refractivity contribution in [2.24, 2.45) is 7.05 Å². The lowest BCUT2D eigenvalue weighted by atomic mass is 9.77. The minimum absolute atomic E-state index is 0.0104. The summed E-state index contributed by atoms with van der Waals surface area (Å²) >= 11 is 0. The highest BCUT2D eigenvalue weighted by atomic mass is 16.2. The van der Waals surface area contributed by atoms with Crippen LogP contribution in [0.15, 0.2) is 24.3 Å². The molecule has 0 aliphatic carbocycles. The first-order chi connectivity index (χ1) is 11.3. The molecule has 0 bridgehead atoms. The lowest BCUT2D eigenvalue weighted by Crippen LogP contribution is -2.33. The molecule has 0 spiro atoms. The average molecular weight is 326 g/mol. The van der Waals surface area contributed by atoms with E-state index in [4.69, 9.17) is 0 Å². The fourth-order valence-electron chi connectivity index (χ4n) is 3.15. The molecular formula is C18H22N4O2. The number of anilines is 1. The summed E-state index contributed by atoms with van der Waals surface area (Å²) in [6.45, 7) is 6.38. The third-order valence-electron chi connectivity index (χ3n) is 4.42. The number of carbonyl (C=O) groups excluding carboxylic acids is 2. The molecule has 0 fully saturated rings. The van der Waals surface area contributed by atoms with Crippen molar-refractivity contribution >= 4 is 17.5 Å². The zero-order valence-electron chi connectivity index (χ0n) is 14.4.